The van der Waals surface area contributed by atoms with E-state index in [1.54, 1.807) is 0 Å². The van der Waals surface area contributed by atoms with E-state index in [4.69, 9.17) is 23.7 Å². The normalized spacial score (nSPS) is 55.1. The lowest BCUT2D eigenvalue weighted by Gasteiger charge is -2.72. The SMILES string of the molecule is CC1(C)[C@@H](O[C@H]2O[C@@H](C(=O)O)[C@H](O)[C@@H](O)[C@@H]2O[C@H]2O[C@@H](C(=O)O)[C@H](O)[C@@H](O)[C@@H]2O)CC[C@]2(C)[C@H]3C(=O)C=C4[C@]5(C)C[C@@]6(C)C[C@H](OC6=O)[C@]5(C)CC[C@@]4(C)[C@]3(C)CC[C@@H]12. The van der Waals surface area contributed by atoms with Crippen molar-refractivity contribution in [1.29, 1.82) is 0 Å². The van der Waals surface area contributed by atoms with Gasteiger partial charge in [-0.1, -0.05) is 54.0 Å². The van der Waals surface area contributed by atoms with Crippen LogP contribution in [0.25, 0.3) is 0 Å². The van der Waals surface area contributed by atoms with Gasteiger partial charge in [0.1, 0.15) is 42.7 Å². The van der Waals surface area contributed by atoms with Crippen molar-refractivity contribution in [2.75, 3.05) is 0 Å². The predicted molar refractivity (Wildman–Crippen MR) is 202 cm³/mol. The average Bonchev–Trinajstić information content (AvgIpc) is 3.41. The van der Waals surface area contributed by atoms with Gasteiger partial charge in [0.2, 0.25) is 0 Å². The molecule has 0 aromatic heterocycles. The molecule has 0 amide bonds. The smallest absolute Gasteiger partial charge is 0.335 e. The van der Waals surface area contributed by atoms with E-state index >= 15 is 4.79 Å². The van der Waals surface area contributed by atoms with Gasteiger partial charge in [-0.15, -0.1) is 0 Å². The average molecular weight is 835 g/mol. The molecule has 16 heteroatoms. The highest BCUT2D eigenvalue weighted by Crippen LogP contribution is 2.78. The first-order valence-corrected chi connectivity index (χ1v) is 21.2. The maximum atomic E-state index is 15.0. The number of fused-ring (bicyclic) bond motifs is 10. The molecular formula is C43H62O16. The van der Waals surface area contributed by atoms with E-state index in [1.807, 2.05) is 26.8 Å². The van der Waals surface area contributed by atoms with E-state index in [0.29, 0.717) is 25.7 Å². The Morgan fingerprint density at radius 1 is 0.695 bits per heavy atom. The van der Waals surface area contributed by atoms with E-state index in [2.05, 4.69) is 34.6 Å². The van der Waals surface area contributed by atoms with Crippen molar-refractivity contribution < 1.29 is 78.6 Å². The number of aliphatic hydroxyl groups excluding tert-OH is 5. The second-order valence-electron chi connectivity index (χ2n) is 21.4. The molecule has 0 aromatic rings. The molecular weight excluding hydrogens is 772 g/mol. The Kier molecular flexibility index (Phi) is 9.85. The van der Waals surface area contributed by atoms with Crippen molar-refractivity contribution in [2.45, 2.75) is 180 Å². The Labute approximate surface area is 343 Å². The summed E-state index contributed by atoms with van der Waals surface area (Å²) in [4.78, 5) is 52.3. The number of carbonyl (C=O) groups is 4. The fourth-order valence-electron chi connectivity index (χ4n) is 14.6. The minimum Gasteiger partial charge on any atom is -0.479 e. The highest BCUT2D eigenvalue weighted by atomic mass is 16.8. The Morgan fingerprint density at radius 3 is 1.93 bits per heavy atom. The van der Waals surface area contributed by atoms with Crippen LogP contribution in [0, 0.1) is 49.7 Å². The van der Waals surface area contributed by atoms with Gasteiger partial charge in [-0.3, -0.25) is 9.59 Å². The van der Waals surface area contributed by atoms with Gasteiger partial charge in [-0.05, 0) is 90.9 Å². The number of esters is 1. The molecule has 8 aliphatic rings. The summed E-state index contributed by atoms with van der Waals surface area (Å²) in [6, 6.07) is 0. The molecule has 59 heavy (non-hydrogen) atoms. The molecule has 0 unspecified atom stereocenters. The molecule has 0 radical (unpaired) electrons. The molecule has 4 saturated carbocycles. The maximum absolute atomic E-state index is 15.0. The lowest BCUT2D eigenvalue weighted by Crippen LogP contribution is -2.69. The van der Waals surface area contributed by atoms with Gasteiger partial charge in [0.25, 0.3) is 0 Å². The molecule has 5 aliphatic carbocycles. The third kappa shape index (κ3) is 5.65. The summed E-state index contributed by atoms with van der Waals surface area (Å²) in [6.45, 7) is 17.4. The Morgan fingerprint density at radius 2 is 1.31 bits per heavy atom. The first-order valence-electron chi connectivity index (χ1n) is 21.2. The first-order chi connectivity index (χ1) is 27.2. The number of carboxylic acid groups (broad SMARTS) is 2. The number of carbonyl (C=O) groups excluding carboxylic acids is 2. The number of rotatable bonds is 6. The number of hydrogen-bond donors (Lipinski definition) is 7. The van der Waals surface area contributed by atoms with Crippen LogP contribution in [0.5, 0.6) is 0 Å². The van der Waals surface area contributed by atoms with Crippen molar-refractivity contribution in [3.05, 3.63) is 11.6 Å². The van der Waals surface area contributed by atoms with Gasteiger partial charge < -0.3 is 59.4 Å². The molecule has 20 atom stereocenters. The van der Waals surface area contributed by atoms with Crippen molar-refractivity contribution in [2.24, 2.45) is 49.7 Å². The largest absolute Gasteiger partial charge is 0.479 e. The molecule has 8 rings (SSSR count). The molecule has 0 aromatic carbocycles. The van der Waals surface area contributed by atoms with Crippen LogP contribution in [-0.4, -0.2) is 133 Å². The topological polar surface area (TPSA) is 256 Å². The van der Waals surface area contributed by atoms with Gasteiger partial charge in [0.15, 0.2) is 30.6 Å². The molecule has 330 valence electrons. The second kappa shape index (κ2) is 13.5. The van der Waals surface area contributed by atoms with Crippen LogP contribution < -0.4 is 0 Å². The van der Waals surface area contributed by atoms with Gasteiger partial charge in [-0.2, -0.15) is 0 Å². The lowest BCUT2D eigenvalue weighted by atomic mass is 9.31. The van der Waals surface area contributed by atoms with Gasteiger partial charge in [-0.25, -0.2) is 9.59 Å². The Balaban J connectivity index is 1.09. The Hall–Kier alpha value is -2.54. The fraction of sp³-hybridized carbons (Fsp3) is 0.860. The van der Waals surface area contributed by atoms with Crippen LogP contribution in [-0.2, 0) is 42.9 Å². The molecule has 2 bridgehead atoms. The van der Waals surface area contributed by atoms with E-state index < -0.39 is 107 Å². The van der Waals surface area contributed by atoms with Crippen molar-refractivity contribution in [3.63, 3.8) is 0 Å². The number of aliphatic hydroxyl groups is 5. The third-order valence-electron chi connectivity index (χ3n) is 18.2. The molecule has 7 N–H and O–H groups in total. The summed E-state index contributed by atoms with van der Waals surface area (Å²) in [5.74, 6) is -3.73. The molecule has 3 heterocycles. The van der Waals surface area contributed by atoms with Gasteiger partial charge in [0.05, 0.1) is 11.5 Å². The standard InChI is InChI=1S/C43H62O16/c1-37(2)19-9-12-42(7)31(18(44)15-20-40(42,5)13-14-41(6)22-16-38(3,36(54)56-22)17-43(20,41)8)39(19,4)11-10-21(37)55-35-30(26(48)25(47)29(58-35)33(52)53)59-34-27(49)23(45)24(46)28(57-34)32(50)51/h15,19,21-31,34-35,45-49H,9-14,16-17H2,1-8H3,(H,50,51)(H,52,53)/t19-,21-,22-,23+,24+,25+,26+,27-,28+,29+,30-,31+,34+,35-,38+,39-,40+,41-,42+,43-/m0/s1. The lowest BCUT2D eigenvalue weighted by molar-refractivity contribution is -0.371. The molecule has 3 saturated heterocycles. The van der Waals surface area contributed by atoms with E-state index in [0.717, 1.165) is 31.3 Å². The predicted octanol–water partition coefficient (Wildman–Crippen LogP) is 2.09. The maximum Gasteiger partial charge on any atom is 0.335 e. The molecule has 7 fully saturated rings. The van der Waals surface area contributed by atoms with E-state index in [-0.39, 0.29) is 40.5 Å². The van der Waals surface area contributed by atoms with Crippen molar-refractivity contribution in [1.82, 2.24) is 0 Å². The highest BCUT2D eigenvalue weighted by Gasteiger charge is 2.75. The van der Waals surface area contributed by atoms with Crippen molar-refractivity contribution >= 4 is 23.7 Å². The van der Waals surface area contributed by atoms with Crippen LogP contribution in [0.15, 0.2) is 11.6 Å². The van der Waals surface area contributed by atoms with Gasteiger partial charge >= 0.3 is 17.9 Å². The third-order valence-corrected chi connectivity index (χ3v) is 18.2. The van der Waals surface area contributed by atoms with Crippen LogP contribution in [0.1, 0.15) is 107 Å². The minimum absolute atomic E-state index is 0.0839. The quantitative estimate of drug-likeness (QED) is 0.149. The van der Waals surface area contributed by atoms with Crippen LogP contribution >= 0.6 is 0 Å². The van der Waals surface area contributed by atoms with Crippen LogP contribution in [0.4, 0.5) is 0 Å². The number of allylic oxidation sites excluding steroid dienone is 2. The number of ether oxygens (including phenoxy) is 5. The zero-order valence-electron chi connectivity index (χ0n) is 35.1. The zero-order valence-corrected chi connectivity index (χ0v) is 35.1. The summed E-state index contributed by atoms with van der Waals surface area (Å²) in [6.07, 6.45) is -13.0. The van der Waals surface area contributed by atoms with E-state index in [9.17, 15) is 50.1 Å². The summed E-state index contributed by atoms with van der Waals surface area (Å²) in [5.41, 5.74) is -2.12. The summed E-state index contributed by atoms with van der Waals surface area (Å²) >= 11 is 0. The summed E-state index contributed by atoms with van der Waals surface area (Å²) in [5, 5.41) is 72.9. The van der Waals surface area contributed by atoms with Crippen molar-refractivity contribution in [3.8, 4) is 0 Å². The van der Waals surface area contributed by atoms with Crippen LogP contribution in [0.3, 0.4) is 0 Å². The number of ketones is 1. The van der Waals surface area contributed by atoms with Crippen LogP contribution in [0.2, 0.25) is 0 Å². The zero-order chi connectivity index (χ0) is 43.4. The molecule has 16 nitrogen and oxygen atoms in total. The monoisotopic (exact) mass is 834 g/mol. The summed E-state index contributed by atoms with van der Waals surface area (Å²) < 4.78 is 29.5. The van der Waals surface area contributed by atoms with Gasteiger partial charge in [0, 0.05) is 17.8 Å². The minimum atomic E-state index is -2.04. The summed E-state index contributed by atoms with van der Waals surface area (Å²) in [7, 11) is 0. The first kappa shape index (κ1) is 43.1. The highest BCUT2D eigenvalue weighted by molar-refractivity contribution is 5.96. The number of aliphatic carboxylic acids is 2. The molecule has 0 spiro atoms. The fourth-order valence-corrected chi connectivity index (χ4v) is 14.6. The number of hydrogen-bond acceptors (Lipinski definition) is 14. The number of carboxylic acids is 2. The Bertz CT molecular complexity index is 1830. The second-order valence-corrected chi connectivity index (χ2v) is 21.4. The molecule has 3 aliphatic heterocycles. The van der Waals surface area contributed by atoms with E-state index in [1.165, 1.54) is 0 Å².